The molecule has 0 saturated carbocycles. The predicted octanol–water partition coefficient (Wildman–Crippen LogP) is 1.92. The van der Waals surface area contributed by atoms with Gasteiger partial charge in [0.15, 0.2) is 12.3 Å². The summed E-state index contributed by atoms with van der Waals surface area (Å²) >= 11 is 5.88. The van der Waals surface area contributed by atoms with Gasteiger partial charge >= 0.3 is 0 Å². The highest BCUT2D eigenvalue weighted by Crippen LogP contribution is 2.21. The SMILES string of the molecule is N#CN1CCO[C@@H](C(=O)Nc2cc(-c3ccc(Cl)cc3)ncn2)C1. The number of hydrogen-bond donors (Lipinski definition) is 1. The van der Waals surface area contributed by atoms with E-state index in [0.29, 0.717) is 29.7 Å². The van der Waals surface area contributed by atoms with Crippen molar-refractivity contribution in [3.05, 3.63) is 41.7 Å². The minimum atomic E-state index is -0.702. The maximum Gasteiger partial charge on any atom is 0.256 e. The predicted molar refractivity (Wildman–Crippen MR) is 88.0 cm³/mol. The third kappa shape index (κ3) is 3.79. The molecule has 0 spiro atoms. The van der Waals surface area contributed by atoms with Crippen molar-refractivity contribution in [2.45, 2.75) is 6.10 Å². The molecule has 7 nitrogen and oxygen atoms in total. The van der Waals surface area contributed by atoms with Gasteiger partial charge in [0.2, 0.25) is 0 Å². The zero-order chi connectivity index (χ0) is 16.9. The lowest BCUT2D eigenvalue weighted by molar-refractivity contribution is -0.131. The molecule has 1 atom stereocenters. The lowest BCUT2D eigenvalue weighted by Gasteiger charge is -2.28. The van der Waals surface area contributed by atoms with Crippen LogP contribution in [0.1, 0.15) is 0 Å². The van der Waals surface area contributed by atoms with E-state index < -0.39 is 6.10 Å². The molecule has 0 radical (unpaired) electrons. The Bertz CT molecular complexity index is 775. The van der Waals surface area contributed by atoms with E-state index in [1.807, 2.05) is 18.3 Å². The van der Waals surface area contributed by atoms with Gasteiger partial charge in [-0.15, -0.1) is 0 Å². The number of nitriles is 1. The van der Waals surface area contributed by atoms with Crippen LogP contribution in [0.3, 0.4) is 0 Å². The fraction of sp³-hybridized carbons (Fsp3) is 0.250. The molecule has 1 aliphatic rings. The molecule has 8 heteroatoms. The molecule has 1 saturated heterocycles. The molecule has 1 fully saturated rings. The molecule has 24 heavy (non-hydrogen) atoms. The van der Waals surface area contributed by atoms with Gasteiger partial charge in [0.05, 0.1) is 25.4 Å². The Labute approximate surface area is 143 Å². The first kappa shape index (κ1) is 16.2. The minimum absolute atomic E-state index is 0.234. The lowest BCUT2D eigenvalue weighted by atomic mass is 10.1. The summed E-state index contributed by atoms with van der Waals surface area (Å²) in [5.41, 5.74) is 1.53. The van der Waals surface area contributed by atoms with Gasteiger partial charge in [-0.3, -0.25) is 4.79 Å². The second kappa shape index (κ2) is 7.25. The van der Waals surface area contributed by atoms with Gasteiger partial charge in [0, 0.05) is 16.7 Å². The van der Waals surface area contributed by atoms with E-state index >= 15 is 0 Å². The van der Waals surface area contributed by atoms with Crippen molar-refractivity contribution in [3.63, 3.8) is 0 Å². The summed E-state index contributed by atoms with van der Waals surface area (Å²) in [6, 6.07) is 8.88. The Morgan fingerprint density at radius 2 is 2.17 bits per heavy atom. The van der Waals surface area contributed by atoms with Crippen LogP contribution in [0.25, 0.3) is 11.3 Å². The van der Waals surface area contributed by atoms with Gasteiger partial charge in [-0.1, -0.05) is 23.7 Å². The summed E-state index contributed by atoms with van der Waals surface area (Å²) < 4.78 is 5.41. The summed E-state index contributed by atoms with van der Waals surface area (Å²) in [5, 5.41) is 12.3. The van der Waals surface area contributed by atoms with Crippen molar-refractivity contribution in [3.8, 4) is 17.5 Å². The maximum atomic E-state index is 12.3. The third-order valence-corrected chi connectivity index (χ3v) is 3.81. The summed E-state index contributed by atoms with van der Waals surface area (Å²) in [5.74, 6) is 0.0355. The van der Waals surface area contributed by atoms with Crippen LogP contribution in [0.4, 0.5) is 5.82 Å². The molecule has 0 aliphatic carbocycles. The number of ether oxygens (including phenoxy) is 1. The normalized spacial score (nSPS) is 17.2. The van der Waals surface area contributed by atoms with Crippen LogP contribution in [0.15, 0.2) is 36.7 Å². The highest BCUT2D eigenvalue weighted by molar-refractivity contribution is 6.30. The lowest BCUT2D eigenvalue weighted by Crippen LogP contribution is -2.46. The number of rotatable bonds is 3. The van der Waals surface area contributed by atoms with Gasteiger partial charge < -0.3 is 15.0 Å². The smallest absolute Gasteiger partial charge is 0.256 e. The fourth-order valence-corrected chi connectivity index (χ4v) is 2.44. The largest absolute Gasteiger partial charge is 0.365 e. The number of nitrogens with one attached hydrogen (secondary N) is 1. The molecule has 0 unspecified atom stereocenters. The van der Waals surface area contributed by atoms with Crippen molar-refractivity contribution < 1.29 is 9.53 Å². The Morgan fingerprint density at radius 1 is 1.38 bits per heavy atom. The Kier molecular flexibility index (Phi) is 4.89. The average Bonchev–Trinajstić information content (AvgIpc) is 2.62. The number of anilines is 1. The number of hydrogen-bond acceptors (Lipinski definition) is 6. The first-order valence-electron chi connectivity index (χ1n) is 7.31. The molecule has 0 bridgehead atoms. The van der Waals surface area contributed by atoms with Crippen molar-refractivity contribution in [2.75, 3.05) is 25.0 Å². The number of morpholine rings is 1. The summed E-state index contributed by atoms with van der Waals surface area (Å²) in [6.45, 7) is 1.07. The molecule has 122 valence electrons. The van der Waals surface area contributed by atoms with E-state index in [0.717, 1.165) is 5.56 Å². The highest BCUT2D eigenvalue weighted by atomic mass is 35.5. The van der Waals surface area contributed by atoms with Crippen LogP contribution in [-0.2, 0) is 9.53 Å². The monoisotopic (exact) mass is 343 g/mol. The number of carbonyl (C=O) groups excluding carboxylic acids is 1. The second-order valence-corrected chi connectivity index (χ2v) is 5.63. The average molecular weight is 344 g/mol. The second-order valence-electron chi connectivity index (χ2n) is 5.19. The molecule has 1 aromatic carbocycles. The highest BCUT2D eigenvalue weighted by Gasteiger charge is 2.26. The van der Waals surface area contributed by atoms with E-state index in [1.165, 1.54) is 11.2 Å². The molecular formula is C16H14ClN5O2. The van der Waals surface area contributed by atoms with E-state index in [4.69, 9.17) is 21.6 Å². The molecule has 1 aromatic heterocycles. The van der Waals surface area contributed by atoms with Crippen LogP contribution in [0.5, 0.6) is 0 Å². The van der Waals surface area contributed by atoms with Crippen molar-refractivity contribution in [2.24, 2.45) is 0 Å². The topological polar surface area (TPSA) is 91.1 Å². The van der Waals surface area contributed by atoms with E-state index in [1.54, 1.807) is 18.2 Å². The van der Waals surface area contributed by atoms with Gasteiger partial charge in [-0.25, -0.2) is 9.97 Å². The van der Waals surface area contributed by atoms with Crippen molar-refractivity contribution in [1.29, 1.82) is 5.26 Å². The number of carbonyl (C=O) groups is 1. The summed E-state index contributed by atoms with van der Waals surface area (Å²) in [7, 11) is 0. The Morgan fingerprint density at radius 3 is 2.92 bits per heavy atom. The number of nitrogens with zero attached hydrogens (tertiary/aromatic N) is 4. The molecule has 2 heterocycles. The molecule has 2 aromatic rings. The molecule has 3 rings (SSSR count). The maximum absolute atomic E-state index is 12.3. The van der Waals surface area contributed by atoms with Crippen LogP contribution >= 0.6 is 11.6 Å². The van der Waals surface area contributed by atoms with Gasteiger partial charge in [0.25, 0.3) is 5.91 Å². The third-order valence-electron chi connectivity index (χ3n) is 3.56. The quantitative estimate of drug-likeness (QED) is 0.856. The first-order valence-corrected chi connectivity index (χ1v) is 7.68. The van der Waals surface area contributed by atoms with Gasteiger partial charge in [-0.05, 0) is 12.1 Å². The molecular weight excluding hydrogens is 330 g/mol. The van der Waals surface area contributed by atoms with Crippen molar-refractivity contribution >= 4 is 23.3 Å². The zero-order valence-electron chi connectivity index (χ0n) is 12.6. The van der Waals surface area contributed by atoms with Crippen LogP contribution in [-0.4, -0.2) is 46.6 Å². The number of amides is 1. The molecule has 1 aliphatic heterocycles. The summed E-state index contributed by atoms with van der Waals surface area (Å²) in [6.07, 6.45) is 2.70. The minimum Gasteiger partial charge on any atom is -0.365 e. The summed E-state index contributed by atoms with van der Waals surface area (Å²) in [4.78, 5) is 22.0. The molecule has 1 amide bonds. The Balaban J connectivity index is 1.71. The standard InChI is InChI=1S/C16H14ClN5O2/c17-12-3-1-11(2-4-12)13-7-15(20-10-19-13)21-16(23)14-8-22(9-18)5-6-24-14/h1-4,7,10,14H,5-6,8H2,(H,19,20,21,23)/t14-/m1/s1. The van der Waals surface area contributed by atoms with Gasteiger partial charge in [0.1, 0.15) is 12.1 Å². The number of halogens is 1. The van der Waals surface area contributed by atoms with Gasteiger partial charge in [-0.2, -0.15) is 5.26 Å². The Hall–Kier alpha value is -2.69. The van der Waals surface area contributed by atoms with Crippen molar-refractivity contribution in [1.82, 2.24) is 14.9 Å². The first-order chi connectivity index (χ1) is 11.7. The number of aromatic nitrogens is 2. The van der Waals surface area contributed by atoms with Crippen LogP contribution in [0, 0.1) is 11.5 Å². The van der Waals surface area contributed by atoms with E-state index in [-0.39, 0.29) is 12.5 Å². The molecule has 1 N–H and O–H groups in total. The zero-order valence-corrected chi connectivity index (χ0v) is 13.4. The number of benzene rings is 1. The van der Waals surface area contributed by atoms with Crippen LogP contribution in [0.2, 0.25) is 5.02 Å². The van der Waals surface area contributed by atoms with Crippen LogP contribution < -0.4 is 5.32 Å². The fourth-order valence-electron chi connectivity index (χ4n) is 2.31. The van der Waals surface area contributed by atoms with E-state index in [9.17, 15) is 4.79 Å². The van der Waals surface area contributed by atoms with E-state index in [2.05, 4.69) is 15.3 Å².